The van der Waals surface area contributed by atoms with E-state index in [0.717, 1.165) is 28.5 Å². The number of nitrogens with zero attached hydrogens (tertiary/aromatic N) is 6. The first-order chi connectivity index (χ1) is 29.0. The van der Waals surface area contributed by atoms with Crippen LogP contribution in [0.4, 0.5) is 10.5 Å². The molecular formula is C43H63ClN6O11Si. The van der Waals surface area contributed by atoms with Crippen LogP contribution in [0.1, 0.15) is 64.6 Å². The van der Waals surface area contributed by atoms with E-state index >= 15 is 0 Å². The fourth-order valence-corrected chi connectivity index (χ4v) is 9.41. The maximum absolute atomic E-state index is 14.3. The molecule has 4 bridgehead atoms. The average molecular weight is 904 g/mol. The first-order valence-corrected chi connectivity index (χ1v) is 24.5. The van der Waals surface area contributed by atoms with Crippen molar-refractivity contribution < 1.29 is 52.8 Å². The van der Waals surface area contributed by atoms with E-state index in [0.29, 0.717) is 36.5 Å². The Morgan fingerprint density at radius 3 is 2.56 bits per heavy atom. The van der Waals surface area contributed by atoms with Crippen LogP contribution in [0.15, 0.2) is 42.1 Å². The van der Waals surface area contributed by atoms with E-state index in [4.69, 9.17) is 35.3 Å². The number of likely N-dealkylation sites (N-methyl/N-ethyl adjacent to an activating group) is 2. The number of hydrogen-bond acceptors (Lipinski definition) is 13. The number of halogens is 1. The number of allylic oxidation sites excluding steroid dienone is 3. The van der Waals surface area contributed by atoms with Crippen molar-refractivity contribution in [2.24, 2.45) is 5.92 Å². The normalized spacial score (nSPS) is 28.9. The molecule has 1 aromatic carbocycles. The van der Waals surface area contributed by atoms with Crippen LogP contribution in [0.5, 0.6) is 5.75 Å². The van der Waals surface area contributed by atoms with Gasteiger partial charge in [-0.15, -0.1) is 5.10 Å². The van der Waals surface area contributed by atoms with Crippen molar-refractivity contribution in [2.45, 2.75) is 134 Å². The summed E-state index contributed by atoms with van der Waals surface area (Å²) in [6.45, 7) is 11.4. The summed E-state index contributed by atoms with van der Waals surface area (Å²) in [5.74, 6) is -1.73. The maximum Gasteiger partial charge on any atom is 0.412 e. The Balaban J connectivity index is 1.41. The molecule has 5 rings (SSSR count). The quantitative estimate of drug-likeness (QED) is 0.170. The van der Waals surface area contributed by atoms with Crippen LogP contribution < -0.4 is 9.64 Å². The zero-order chi connectivity index (χ0) is 45.9. The van der Waals surface area contributed by atoms with Crippen LogP contribution in [-0.4, -0.2) is 144 Å². The van der Waals surface area contributed by atoms with Gasteiger partial charge in [-0.25, -0.2) is 9.59 Å². The van der Waals surface area contributed by atoms with Gasteiger partial charge in [-0.2, -0.15) is 0 Å². The Morgan fingerprint density at radius 1 is 1.19 bits per heavy atom. The average Bonchev–Trinajstić information content (AvgIpc) is 3.71. The summed E-state index contributed by atoms with van der Waals surface area (Å²) in [6, 6.07) is 3.26. The summed E-state index contributed by atoms with van der Waals surface area (Å²) in [5.41, 5.74) is -0.341. The molecule has 3 amide bonds. The highest BCUT2D eigenvalue weighted by molar-refractivity contribution is 6.69. The van der Waals surface area contributed by atoms with Gasteiger partial charge in [0.25, 0.3) is 0 Å². The molecule has 4 heterocycles. The number of aryl methyl sites for hydroxylation is 2. The Hall–Kier alpha value is -4.33. The van der Waals surface area contributed by atoms with E-state index in [9.17, 15) is 29.1 Å². The van der Waals surface area contributed by atoms with E-state index in [1.165, 1.54) is 38.1 Å². The van der Waals surface area contributed by atoms with Crippen molar-refractivity contribution in [2.75, 3.05) is 40.3 Å². The molecule has 0 radical (unpaired) electrons. The number of ether oxygens (including phenoxy) is 5. The third-order valence-corrected chi connectivity index (χ3v) is 14.3. The predicted octanol–water partition coefficient (Wildman–Crippen LogP) is 4.67. The number of amides is 3. The van der Waals surface area contributed by atoms with Gasteiger partial charge in [0.15, 0.2) is 14.0 Å². The van der Waals surface area contributed by atoms with Gasteiger partial charge in [-0.05, 0) is 70.4 Å². The Bertz CT molecular complexity index is 2040. The van der Waals surface area contributed by atoms with Gasteiger partial charge >= 0.3 is 12.1 Å². The number of aliphatic hydroxyl groups is 1. The van der Waals surface area contributed by atoms with Gasteiger partial charge < -0.3 is 43.4 Å². The number of methoxy groups -OCH3 is 2. The second-order valence-electron chi connectivity index (χ2n) is 17.7. The topological polar surface area (TPSA) is 199 Å². The number of aromatic nitrogens is 3. The molecule has 1 aromatic heterocycles. The second-order valence-corrected chi connectivity index (χ2v) is 22.2. The summed E-state index contributed by atoms with van der Waals surface area (Å²) in [5, 5.41) is 20.6. The fourth-order valence-electron chi connectivity index (χ4n) is 8.07. The minimum Gasteiger partial charge on any atom is -0.495 e. The van der Waals surface area contributed by atoms with E-state index < -0.39 is 74.0 Å². The highest BCUT2D eigenvalue weighted by atomic mass is 35.5. The largest absolute Gasteiger partial charge is 0.495 e. The highest BCUT2D eigenvalue weighted by Gasteiger charge is 2.65. The molecule has 17 nitrogen and oxygen atoms in total. The summed E-state index contributed by atoms with van der Waals surface area (Å²) >= 11 is 6.81. The summed E-state index contributed by atoms with van der Waals surface area (Å²) < 4.78 is 31.4. The molecule has 8 atom stereocenters. The SMILES string of the molecule is COc1cc2cc(c1Cl)N(C)C(=O)C[C@H](OC(=O)[C@H](C)N(C)C(=O)CCc1cn(CCC[Si](C)(C)O)nn1)[C@@]1(C)O[C@H]1[C@H](C)[C@@H]1C[C@](O)([C@H](OC)/C=C/C=C(\C)C2)N(C)C(=O)O1. The molecule has 62 heavy (non-hydrogen) atoms. The van der Waals surface area contributed by atoms with E-state index in [2.05, 4.69) is 10.3 Å². The summed E-state index contributed by atoms with van der Waals surface area (Å²) in [6.07, 6.45) is 3.83. The molecule has 2 saturated heterocycles. The summed E-state index contributed by atoms with van der Waals surface area (Å²) in [4.78, 5) is 69.0. The van der Waals surface area contributed by atoms with Crippen molar-refractivity contribution in [3.8, 4) is 5.75 Å². The van der Waals surface area contributed by atoms with Gasteiger partial charge in [0.2, 0.25) is 11.8 Å². The molecule has 0 unspecified atom stereocenters. The van der Waals surface area contributed by atoms with Gasteiger partial charge in [0.1, 0.15) is 40.7 Å². The standard InChI is InChI=1S/C43H63ClN6O11Si/c1-26-14-12-15-34(58-9)43(55)24-33(59-41(54)49(43)7)27(2)39-42(4,61-39)35(23-37(52)48(6)31-21-29(20-26)22-32(57-8)38(31)44)60-40(53)28(3)47(5)36(51)17-16-30-25-50(46-45-30)18-13-19-62(10,11)56/h12,14-15,21-22,25,27-28,33-35,39,55-56H,13,16-20,23-24H2,1-11H3/b15-12+,26-14+/t27-,28+,33+,34-,35+,39+,42-,43+/m1/s1. The minimum absolute atomic E-state index is 0.0438. The van der Waals surface area contributed by atoms with Crippen molar-refractivity contribution in [1.82, 2.24) is 24.8 Å². The van der Waals surface area contributed by atoms with Gasteiger partial charge in [0.05, 0.1) is 31.0 Å². The molecule has 2 fully saturated rings. The first-order valence-electron chi connectivity index (χ1n) is 20.9. The first kappa shape index (κ1) is 48.7. The molecule has 0 aliphatic carbocycles. The Kier molecular flexibility index (Phi) is 15.4. The molecule has 342 valence electrons. The Morgan fingerprint density at radius 2 is 1.90 bits per heavy atom. The predicted molar refractivity (Wildman–Crippen MR) is 233 cm³/mol. The highest BCUT2D eigenvalue weighted by Crippen LogP contribution is 2.50. The zero-order valence-corrected chi connectivity index (χ0v) is 39.5. The van der Waals surface area contributed by atoms with Gasteiger partial charge in [0, 0.05) is 66.2 Å². The molecule has 0 saturated carbocycles. The number of carbonyl (C=O) groups excluding carboxylic acids is 4. The van der Waals surface area contributed by atoms with Gasteiger partial charge in [-0.3, -0.25) is 19.2 Å². The molecule has 2 N–H and O–H groups in total. The lowest BCUT2D eigenvalue weighted by Crippen LogP contribution is -2.64. The third kappa shape index (κ3) is 11.1. The smallest absolute Gasteiger partial charge is 0.412 e. The fraction of sp³-hybridized carbons (Fsp3) is 0.628. The van der Waals surface area contributed by atoms with Crippen LogP contribution in [0.25, 0.3) is 0 Å². The lowest BCUT2D eigenvalue weighted by molar-refractivity contribution is -0.201. The lowest BCUT2D eigenvalue weighted by Gasteiger charge is -2.47. The molecular weight excluding hydrogens is 840 g/mol. The van der Waals surface area contributed by atoms with Crippen molar-refractivity contribution >= 4 is 49.5 Å². The van der Waals surface area contributed by atoms with Crippen LogP contribution >= 0.6 is 11.6 Å². The van der Waals surface area contributed by atoms with Crippen LogP contribution in [0.2, 0.25) is 24.2 Å². The third-order valence-electron chi connectivity index (χ3n) is 12.4. The maximum atomic E-state index is 14.3. The molecule has 19 heteroatoms. The number of hydrogen-bond donors (Lipinski definition) is 2. The van der Waals surface area contributed by atoms with Gasteiger partial charge in [-0.1, -0.05) is 47.5 Å². The van der Waals surface area contributed by atoms with E-state index in [-0.39, 0.29) is 30.2 Å². The minimum atomic E-state index is -2.17. The van der Waals surface area contributed by atoms with Crippen LogP contribution in [-0.2, 0) is 52.7 Å². The number of benzene rings is 1. The molecule has 0 spiro atoms. The van der Waals surface area contributed by atoms with Crippen molar-refractivity contribution in [3.05, 3.63) is 58.4 Å². The summed E-state index contributed by atoms with van der Waals surface area (Å²) in [7, 11) is 5.29. The number of esters is 1. The van der Waals surface area contributed by atoms with E-state index in [1.54, 1.807) is 63.0 Å². The molecule has 3 aliphatic heterocycles. The zero-order valence-electron chi connectivity index (χ0n) is 37.7. The second kappa shape index (κ2) is 19.6. The number of anilines is 1. The monoisotopic (exact) mass is 902 g/mol. The van der Waals surface area contributed by atoms with E-state index in [1.807, 2.05) is 26.1 Å². The Labute approximate surface area is 370 Å². The van der Waals surface area contributed by atoms with Crippen molar-refractivity contribution in [3.63, 3.8) is 0 Å². The van der Waals surface area contributed by atoms with Crippen molar-refractivity contribution in [1.29, 1.82) is 0 Å². The van der Waals surface area contributed by atoms with Crippen LogP contribution in [0, 0.1) is 5.92 Å². The number of rotatable bonds is 12. The number of epoxide rings is 1. The van der Waals surface area contributed by atoms with Crippen LogP contribution in [0.3, 0.4) is 0 Å². The lowest BCUT2D eigenvalue weighted by atomic mass is 9.83. The number of carbonyl (C=O) groups is 4. The molecule has 3 aliphatic rings. The molecule has 2 aromatic rings. The number of fused-ring (bicyclic) bond motifs is 5.